The van der Waals surface area contributed by atoms with Crippen LogP contribution in [0.5, 0.6) is 0 Å². The van der Waals surface area contributed by atoms with E-state index in [0.29, 0.717) is 10.2 Å². The van der Waals surface area contributed by atoms with Crippen molar-refractivity contribution in [1.82, 2.24) is 9.97 Å². The van der Waals surface area contributed by atoms with E-state index in [1.165, 1.54) is 36.7 Å². The number of benzene rings is 1. The fourth-order valence-electron chi connectivity index (χ4n) is 1.15. The Morgan fingerprint density at radius 1 is 1.18 bits per heavy atom. The van der Waals surface area contributed by atoms with Crippen molar-refractivity contribution < 1.29 is 9.18 Å². The van der Waals surface area contributed by atoms with Crippen molar-refractivity contribution in [2.24, 2.45) is 0 Å². The molecule has 0 saturated heterocycles. The molecule has 6 heteroatoms. The van der Waals surface area contributed by atoms with Crippen molar-refractivity contribution in [2.75, 3.05) is 5.32 Å². The Balaban J connectivity index is 2.11. The van der Waals surface area contributed by atoms with E-state index in [4.69, 9.17) is 0 Å². The molecule has 86 valence electrons. The highest BCUT2D eigenvalue weighted by Crippen LogP contribution is 2.10. The third-order valence-electron chi connectivity index (χ3n) is 1.93. The monoisotopic (exact) mass is 295 g/mol. The molecule has 1 aromatic heterocycles. The van der Waals surface area contributed by atoms with Gasteiger partial charge in [0.1, 0.15) is 5.82 Å². The number of carbonyl (C=O) groups excluding carboxylic acids is 1. The van der Waals surface area contributed by atoms with Crippen molar-refractivity contribution in [3.05, 3.63) is 52.8 Å². The summed E-state index contributed by atoms with van der Waals surface area (Å²) in [6, 6.07) is 5.45. The molecule has 0 aliphatic carbocycles. The van der Waals surface area contributed by atoms with Crippen LogP contribution in [-0.2, 0) is 0 Å². The number of amides is 1. The van der Waals surface area contributed by atoms with E-state index in [9.17, 15) is 9.18 Å². The molecule has 1 heterocycles. The van der Waals surface area contributed by atoms with Gasteiger partial charge in [-0.3, -0.25) is 4.79 Å². The zero-order chi connectivity index (χ0) is 12.3. The van der Waals surface area contributed by atoms with Crippen molar-refractivity contribution in [3.63, 3.8) is 0 Å². The summed E-state index contributed by atoms with van der Waals surface area (Å²) < 4.78 is 13.3. The highest BCUT2D eigenvalue weighted by Gasteiger charge is 2.08. The molecule has 0 fully saturated rings. The van der Waals surface area contributed by atoms with E-state index >= 15 is 0 Å². The smallest absolute Gasteiger partial charge is 0.293 e. The number of hydrogen-bond donors (Lipinski definition) is 1. The lowest BCUT2D eigenvalue weighted by Gasteiger charge is -2.03. The Hall–Kier alpha value is -1.82. The van der Waals surface area contributed by atoms with E-state index in [1.54, 1.807) is 0 Å². The summed E-state index contributed by atoms with van der Waals surface area (Å²) in [7, 11) is 0. The van der Waals surface area contributed by atoms with Crippen LogP contribution in [-0.4, -0.2) is 15.9 Å². The van der Waals surface area contributed by atoms with Crippen LogP contribution in [0.15, 0.2) is 41.1 Å². The van der Waals surface area contributed by atoms with Crippen LogP contribution in [0.1, 0.15) is 10.6 Å². The van der Waals surface area contributed by atoms with Gasteiger partial charge in [0.15, 0.2) is 0 Å². The van der Waals surface area contributed by atoms with Crippen LogP contribution in [0.3, 0.4) is 0 Å². The second kappa shape index (κ2) is 5.01. The molecule has 0 aliphatic rings. The highest BCUT2D eigenvalue weighted by molar-refractivity contribution is 9.10. The molecule has 2 rings (SSSR count). The Kier molecular flexibility index (Phi) is 3.43. The highest BCUT2D eigenvalue weighted by atomic mass is 79.9. The molecule has 0 bridgehead atoms. The minimum Gasteiger partial charge on any atom is -0.319 e. The molecule has 0 atom stereocenters. The van der Waals surface area contributed by atoms with Gasteiger partial charge in [0.05, 0.1) is 4.47 Å². The lowest BCUT2D eigenvalue weighted by Crippen LogP contribution is -2.15. The molecule has 0 unspecified atom stereocenters. The van der Waals surface area contributed by atoms with Crippen molar-refractivity contribution in [3.8, 4) is 0 Å². The van der Waals surface area contributed by atoms with Gasteiger partial charge in [-0.2, -0.15) is 0 Å². The molecular formula is C11H7BrFN3O. The average molecular weight is 296 g/mol. The molecule has 17 heavy (non-hydrogen) atoms. The van der Waals surface area contributed by atoms with E-state index in [0.717, 1.165) is 0 Å². The Labute approximate surface area is 105 Å². The number of aromatic nitrogens is 2. The number of hydrogen-bond acceptors (Lipinski definition) is 3. The van der Waals surface area contributed by atoms with Crippen LogP contribution in [0.4, 0.5) is 10.1 Å². The van der Waals surface area contributed by atoms with Crippen LogP contribution in [0.25, 0.3) is 0 Å². The van der Waals surface area contributed by atoms with Gasteiger partial charge in [0.25, 0.3) is 5.91 Å². The first-order valence-corrected chi connectivity index (χ1v) is 5.49. The minimum atomic E-state index is -0.441. The predicted molar refractivity (Wildman–Crippen MR) is 64.1 cm³/mol. The lowest BCUT2D eigenvalue weighted by molar-refractivity contribution is 0.101. The Bertz CT molecular complexity index is 527. The second-order valence-electron chi connectivity index (χ2n) is 3.19. The number of nitrogens with zero attached hydrogens (tertiary/aromatic N) is 2. The van der Waals surface area contributed by atoms with Gasteiger partial charge in [0, 0.05) is 18.1 Å². The van der Waals surface area contributed by atoms with Gasteiger partial charge >= 0.3 is 0 Å². The standard InChI is InChI=1S/C11H7BrFN3O/c12-7-5-14-10(15-6-7)11(17)16-9-3-1-8(13)2-4-9/h1-6H,(H,16,17). The summed E-state index contributed by atoms with van der Waals surface area (Å²) in [5.41, 5.74) is 0.489. The van der Waals surface area contributed by atoms with Gasteiger partial charge in [-0.15, -0.1) is 0 Å². The summed E-state index contributed by atoms with van der Waals surface area (Å²) >= 11 is 3.17. The van der Waals surface area contributed by atoms with Crippen LogP contribution >= 0.6 is 15.9 Å². The normalized spacial score (nSPS) is 10.0. The minimum absolute atomic E-state index is 0.0533. The van der Waals surface area contributed by atoms with Gasteiger partial charge in [-0.1, -0.05) is 0 Å². The fraction of sp³-hybridized carbons (Fsp3) is 0. The first-order valence-electron chi connectivity index (χ1n) is 4.69. The first kappa shape index (κ1) is 11.7. The molecule has 0 aliphatic heterocycles. The fourth-order valence-corrected chi connectivity index (χ4v) is 1.35. The first-order chi connectivity index (χ1) is 8.15. The van der Waals surface area contributed by atoms with Crippen LogP contribution < -0.4 is 5.32 Å². The van der Waals surface area contributed by atoms with Gasteiger partial charge < -0.3 is 5.32 Å². The molecular weight excluding hydrogens is 289 g/mol. The maximum atomic E-state index is 12.6. The zero-order valence-electron chi connectivity index (χ0n) is 8.52. The van der Waals surface area contributed by atoms with Crippen molar-refractivity contribution >= 4 is 27.5 Å². The third kappa shape index (κ3) is 3.07. The van der Waals surface area contributed by atoms with Crippen LogP contribution in [0, 0.1) is 5.82 Å². The predicted octanol–water partition coefficient (Wildman–Crippen LogP) is 2.63. The molecule has 0 radical (unpaired) electrons. The van der Waals surface area contributed by atoms with Gasteiger partial charge in [0.2, 0.25) is 5.82 Å². The zero-order valence-corrected chi connectivity index (χ0v) is 10.1. The molecule has 1 amide bonds. The number of carbonyl (C=O) groups is 1. The summed E-state index contributed by atoms with van der Waals surface area (Å²) in [6.07, 6.45) is 2.96. The number of rotatable bonds is 2. The summed E-state index contributed by atoms with van der Waals surface area (Å²) in [4.78, 5) is 19.4. The number of nitrogens with one attached hydrogen (secondary N) is 1. The molecule has 4 nitrogen and oxygen atoms in total. The summed E-state index contributed by atoms with van der Waals surface area (Å²) in [5.74, 6) is -0.746. The quantitative estimate of drug-likeness (QED) is 0.927. The molecule has 1 N–H and O–H groups in total. The van der Waals surface area contributed by atoms with E-state index < -0.39 is 5.91 Å². The lowest BCUT2D eigenvalue weighted by atomic mass is 10.3. The van der Waals surface area contributed by atoms with Gasteiger partial charge in [-0.25, -0.2) is 14.4 Å². The van der Waals surface area contributed by atoms with Crippen LogP contribution in [0.2, 0.25) is 0 Å². The summed E-state index contributed by atoms with van der Waals surface area (Å²) in [5, 5.41) is 2.56. The molecule has 2 aromatic rings. The molecule has 1 aromatic carbocycles. The van der Waals surface area contributed by atoms with E-state index in [-0.39, 0.29) is 11.6 Å². The average Bonchev–Trinajstić information content (AvgIpc) is 2.33. The van der Waals surface area contributed by atoms with Crippen molar-refractivity contribution in [2.45, 2.75) is 0 Å². The number of anilines is 1. The maximum Gasteiger partial charge on any atom is 0.293 e. The van der Waals surface area contributed by atoms with E-state index in [2.05, 4.69) is 31.2 Å². The van der Waals surface area contributed by atoms with E-state index in [1.807, 2.05) is 0 Å². The van der Waals surface area contributed by atoms with Gasteiger partial charge in [-0.05, 0) is 40.2 Å². The second-order valence-corrected chi connectivity index (χ2v) is 4.10. The SMILES string of the molecule is O=C(Nc1ccc(F)cc1)c1ncc(Br)cn1. The third-order valence-corrected chi connectivity index (χ3v) is 2.34. The summed E-state index contributed by atoms with van der Waals surface area (Å²) in [6.45, 7) is 0. The van der Waals surface area contributed by atoms with Crippen molar-refractivity contribution in [1.29, 1.82) is 0 Å². The maximum absolute atomic E-state index is 12.6. The Morgan fingerprint density at radius 3 is 2.35 bits per heavy atom. The Morgan fingerprint density at radius 2 is 1.76 bits per heavy atom. The number of halogens is 2. The molecule has 0 saturated carbocycles. The topological polar surface area (TPSA) is 54.9 Å². The molecule has 0 spiro atoms. The largest absolute Gasteiger partial charge is 0.319 e.